The van der Waals surface area contributed by atoms with E-state index in [2.05, 4.69) is 92.3 Å². The first kappa shape index (κ1) is 19.2. The molecule has 0 aliphatic heterocycles. The molecule has 0 aliphatic carbocycles. The molecule has 9 heteroatoms. The lowest BCUT2D eigenvalue weighted by Crippen LogP contribution is -2.40. The van der Waals surface area contributed by atoms with Crippen molar-refractivity contribution in [1.82, 2.24) is 14.6 Å². The largest absolute Gasteiger partial charge is 0.412 e. The molecule has 0 atom stereocenters. The van der Waals surface area contributed by atoms with Crippen LogP contribution in [-0.2, 0) is 11.0 Å². The summed E-state index contributed by atoms with van der Waals surface area (Å²) in [6, 6.07) is 3.98. The molecule has 0 saturated carbocycles. The molecule has 0 bridgehead atoms. The lowest BCUT2D eigenvalue weighted by atomic mass is 10.2. The summed E-state index contributed by atoms with van der Waals surface area (Å²) in [5.41, 5.74) is 1.05. The Balaban J connectivity index is 2.07. The molecule has 2 aromatic rings. The highest BCUT2D eigenvalue weighted by Crippen LogP contribution is 2.37. The van der Waals surface area contributed by atoms with Crippen LogP contribution in [0.25, 0.3) is 0 Å². The molecule has 0 aliphatic rings. The van der Waals surface area contributed by atoms with Crippen molar-refractivity contribution in [3.05, 3.63) is 26.0 Å². The molecule has 5 nitrogen and oxygen atoms in total. The lowest BCUT2D eigenvalue weighted by molar-refractivity contribution is 0.275. The maximum atomic E-state index is 6.25. The SMILES string of the molecule is CC(C)(C)[Si](C)(C)OCc1ccc(Nc2snnc2I)nc1Br. The average Bonchev–Trinajstić information content (AvgIpc) is 2.82. The van der Waals surface area contributed by atoms with Crippen molar-refractivity contribution in [2.24, 2.45) is 0 Å². The molecule has 0 amide bonds. The zero-order valence-electron chi connectivity index (χ0n) is 13.8. The summed E-state index contributed by atoms with van der Waals surface area (Å²) in [7, 11) is -1.76. The molecule has 0 saturated heterocycles. The van der Waals surface area contributed by atoms with Crippen LogP contribution in [0, 0.1) is 3.70 Å². The summed E-state index contributed by atoms with van der Waals surface area (Å²) in [5.74, 6) is 0.761. The van der Waals surface area contributed by atoms with Gasteiger partial charge in [-0.25, -0.2) is 4.98 Å². The van der Waals surface area contributed by atoms with Crippen LogP contribution in [0.15, 0.2) is 16.7 Å². The average molecular weight is 527 g/mol. The van der Waals surface area contributed by atoms with Crippen molar-refractivity contribution in [2.75, 3.05) is 5.32 Å². The van der Waals surface area contributed by atoms with Gasteiger partial charge in [0.25, 0.3) is 0 Å². The first-order valence-corrected chi connectivity index (χ1v) is 12.7. The molecular weight excluding hydrogens is 507 g/mol. The predicted octanol–water partition coefficient (Wildman–Crippen LogP) is 5.57. The van der Waals surface area contributed by atoms with E-state index in [9.17, 15) is 0 Å². The molecule has 2 heterocycles. The number of pyridine rings is 1. The van der Waals surface area contributed by atoms with Crippen LogP contribution in [0.1, 0.15) is 26.3 Å². The van der Waals surface area contributed by atoms with E-state index in [-0.39, 0.29) is 5.04 Å². The van der Waals surface area contributed by atoms with Gasteiger partial charge in [0.05, 0.1) is 6.61 Å². The van der Waals surface area contributed by atoms with Gasteiger partial charge in [0.15, 0.2) is 12.0 Å². The van der Waals surface area contributed by atoms with Gasteiger partial charge in [-0.3, -0.25) is 0 Å². The van der Waals surface area contributed by atoms with Gasteiger partial charge in [-0.1, -0.05) is 31.3 Å². The quantitative estimate of drug-likeness (QED) is 0.313. The predicted molar refractivity (Wildman–Crippen MR) is 110 cm³/mol. The highest BCUT2D eigenvalue weighted by Gasteiger charge is 2.37. The van der Waals surface area contributed by atoms with Gasteiger partial charge in [0.1, 0.15) is 15.4 Å². The normalized spacial score (nSPS) is 12.5. The maximum Gasteiger partial charge on any atom is 0.192 e. The van der Waals surface area contributed by atoms with Gasteiger partial charge in [-0.05, 0) is 62.7 Å². The fourth-order valence-corrected chi connectivity index (χ4v) is 4.03. The minimum atomic E-state index is -1.76. The molecular formula is C14H20BrIN4OSSi. The smallest absolute Gasteiger partial charge is 0.192 e. The van der Waals surface area contributed by atoms with E-state index in [1.165, 1.54) is 11.5 Å². The van der Waals surface area contributed by atoms with Crippen molar-refractivity contribution >= 4 is 69.2 Å². The molecule has 1 N–H and O–H groups in total. The number of halogens is 2. The molecule has 0 radical (unpaired) electrons. The summed E-state index contributed by atoms with van der Waals surface area (Å²) in [5, 5.41) is 8.30. The summed E-state index contributed by atoms with van der Waals surface area (Å²) in [4.78, 5) is 4.54. The van der Waals surface area contributed by atoms with Gasteiger partial charge >= 0.3 is 0 Å². The molecule has 126 valence electrons. The van der Waals surface area contributed by atoms with Gasteiger partial charge in [-0.2, -0.15) is 0 Å². The highest BCUT2D eigenvalue weighted by molar-refractivity contribution is 14.1. The van der Waals surface area contributed by atoms with E-state index in [0.717, 1.165) is 24.7 Å². The number of nitrogens with one attached hydrogen (secondary N) is 1. The van der Waals surface area contributed by atoms with E-state index in [0.29, 0.717) is 6.61 Å². The standard InChI is InChI=1S/C14H20BrIN4OSSi/c1-14(2,3)23(4,5)21-8-9-6-7-10(17-11(9)15)18-13-12(16)19-20-22-13/h6-7H,8H2,1-5H3,(H,17,18). The fourth-order valence-electron chi connectivity index (χ4n) is 1.49. The molecule has 0 unspecified atom stereocenters. The first-order valence-electron chi connectivity index (χ1n) is 7.14. The summed E-state index contributed by atoms with van der Waals surface area (Å²) in [6.07, 6.45) is 0. The second-order valence-electron chi connectivity index (χ2n) is 6.71. The Hall–Kier alpha value is -0.103. The van der Waals surface area contributed by atoms with Crippen molar-refractivity contribution < 1.29 is 4.43 Å². The van der Waals surface area contributed by atoms with Gasteiger partial charge < -0.3 is 9.74 Å². The Morgan fingerprint density at radius 3 is 2.57 bits per heavy atom. The van der Waals surface area contributed by atoms with Gasteiger partial charge in [0, 0.05) is 17.1 Å². The van der Waals surface area contributed by atoms with E-state index in [4.69, 9.17) is 4.43 Å². The Morgan fingerprint density at radius 1 is 1.35 bits per heavy atom. The number of hydrogen-bond acceptors (Lipinski definition) is 6. The number of nitrogens with zero attached hydrogens (tertiary/aromatic N) is 3. The highest BCUT2D eigenvalue weighted by atomic mass is 127. The third-order valence-electron chi connectivity index (χ3n) is 4.01. The van der Waals surface area contributed by atoms with Crippen molar-refractivity contribution in [1.29, 1.82) is 0 Å². The Morgan fingerprint density at radius 2 is 2.04 bits per heavy atom. The fraction of sp³-hybridized carbons (Fsp3) is 0.500. The van der Waals surface area contributed by atoms with Crippen LogP contribution >= 0.6 is 50.1 Å². The molecule has 0 fully saturated rings. The van der Waals surface area contributed by atoms with E-state index < -0.39 is 8.32 Å². The molecule has 2 rings (SSSR count). The van der Waals surface area contributed by atoms with Crippen LogP contribution in [0.5, 0.6) is 0 Å². The third kappa shape index (κ3) is 4.94. The minimum absolute atomic E-state index is 0.199. The van der Waals surface area contributed by atoms with Gasteiger partial charge in [-0.15, -0.1) is 5.10 Å². The Bertz CT molecular complexity index is 690. The van der Waals surface area contributed by atoms with Gasteiger partial charge in [0.2, 0.25) is 0 Å². The number of hydrogen-bond donors (Lipinski definition) is 1. The zero-order valence-corrected chi connectivity index (χ0v) is 19.3. The third-order valence-corrected chi connectivity index (χ3v) is 10.9. The number of aromatic nitrogens is 3. The second-order valence-corrected chi connectivity index (χ2v) is 14.0. The minimum Gasteiger partial charge on any atom is -0.412 e. The Kier molecular flexibility index (Phi) is 6.20. The molecule has 23 heavy (non-hydrogen) atoms. The first-order chi connectivity index (χ1) is 10.6. The van der Waals surface area contributed by atoms with Crippen LogP contribution in [0.3, 0.4) is 0 Å². The van der Waals surface area contributed by atoms with E-state index in [1.807, 2.05) is 12.1 Å². The summed E-state index contributed by atoms with van der Waals surface area (Å²) in [6.45, 7) is 11.8. The van der Waals surface area contributed by atoms with Crippen LogP contribution in [0.4, 0.5) is 10.8 Å². The van der Waals surface area contributed by atoms with Crippen LogP contribution in [-0.4, -0.2) is 22.9 Å². The van der Waals surface area contributed by atoms with Crippen molar-refractivity contribution in [3.8, 4) is 0 Å². The number of rotatable bonds is 5. The zero-order chi connectivity index (χ0) is 17.3. The van der Waals surface area contributed by atoms with Crippen LogP contribution < -0.4 is 5.32 Å². The van der Waals surface area contributed by atoms with Crippen molar-refractivity contribution in [3.63, 3.8) is 0 Å². The summed E-state index contributed by atoms with van der Waals surface area (Å²) < 4.78 is 11.8. The molecule has 0 spiro atoms. The van der Waals surface area contributed by atoms with E-state index >= 15 is 0 Å². The topological polar surface area (TPSA) is 59.9 Å². The Labute approximate surface area is 164 Å². The summed E-state index contributed by atoms with van der Waals surface area (Å²) >= 11 is 7.01. The molecule has 2 aromatic heterocycles. The molecule has 0 aromatic carbocycles. The van der Waals surface area contributed by atoms with E-state index in [1.54, 1.807) is 0 Å². The van der Waals surface area contributed by atoms with Crippen LogP contribution in [0.2, 0.25) is 18.1 Å². The lowest BCUT2D eigenvalue weighted by Gasteiger charge is -2.36. The van der Waals surface area contributed by atoms with Crippen molar-refractivity contribution in [2.45, 2.75) is 45.5 Å². The second kappa shape index (κ2) is 7.42. The maximum absolute atomic E-state index is 6.25. The number of anilines is 2. The monoisotopic (exact) mass is 526 g/mol.